The van der Waals surface area contributed by atoms with Gasteiger partial charge in [0.1, 0.15) is 17.1 Å². The third-order valence-electron chi connectivity index (χ3n) is 7.04. The molecule has 8 nitrogen and oxygen atoms in total. The van der Waals surface area contributed by atoms with Crippen LogP contribution in [-0.4, -0.2) is 35.0 Å². The van der Waals surface area contributed by atoms with Crippen molar-refractivity contribution < 1.29 is 9.90 Å². The number of carbonyl (C=O) groups is 1. The van der Waals surface area contributed by atoms with Gasteiger partial charge < -0.3 is 9.67 Å². The Labute approximate surface area is 211 Å². The number of hydrogen-bond donors (Lipinski definition) is 1. The van der Waals surface area contributed by atoms with E-state index in [0.717, 1.165) is 27.7 Å². The first-order valence-corrected chi connectivity index (χ1v) is 12.1. The second kappa shape index (κ2) is 8.03. The fraction of sp³-hybridized carbons (Fsp3) is 0.103. The molecule has 3 aromatic carbocycles. The number of para-hydroxylation sites is 1. The third-order valence-corrected chi connectivity index (χ3v) is 7.04. The van der Waals surface area contributed by atoms with Crippen LogP contribution in [0.15, 0.2) is 90.1 Å². The number of pyridine rings is 1. The zero-order chi connectivity index (χ0) is 25.1. The number of ketones is 1. The number of Topliss-reactive ketones (excluding diaryl/α,β-unsaturated/α-hetero) is 1. The molecule has 0 fully saturated rings. The van der Waals surface area contributed by atoms with Gasteiger partial charge in [-0.3, -0.25) is 9.59 Å². The van der Waals surface area contributed by atoms with Crippen molar-refractivity contribution in [2.24, 2.45) is 0 Å². The molecule has 0 unspecified atom stereocenters. The topological polar surface area (TPSA) is 94.9 Å². The summed E-state index contributed by atoms with van der Waals surface area (Å²) in [7, 11) is 0. The zero-order valence-corrected chi connectivity index (χ0v) is 19.7. The average molecular weight is 488 g/mol. The Morgan fingerprint density at radius 3 is 2.57 bits per heavy atom. The number of aryl methyl sites for hydroxylation is 1. The third kappa shape index (κ3) is 3.30. The van der Waals surface area contributed by atoms with Crippen molar-refractivity contribution in [3.8, 4) is 28.4 Å². The number of rotatable bonds is 4. The van der Waals surface area contributed by atoms with Gasteiger partial charge in [0.15, 0.2) is 5.78 Å². The van der Waals surface area contributed by atoms with Crippen molar-refractivity contribution in [3.05, 3.63) is 112 Å². The van der Waals surface area contributed by atoms with Gasteiger partial charge in [0, 0.05) is 36.9 Å². The summed E-state index contributed by atoms with van der Waals surface area (Å²) in [5.41, 5.74) is 4.94. The molecule has 180 valence electrons. The highest BCUT2D eigenvalue weighted by Gasteiger charge is 2.30. The molecule has 1 N–H and O–H groups in total. The van der Waals surface area contributed by atoms with Gasteiger partial charge in [0.25, 0.3) is 5.56 Å². The lowest BCUT2D eigenvalue weighted by Gasteiger charge is -2.14. The van der Waals surface area contributed by atoms with E-state index < -0.39 is 0 Å². The maximum Gasteiger partial charge on any atom is 0.282 e. The Balaban J connectivity index is 1.39. The molecule has 1 aromatic heterocycles. The van der Waals surface area contributed by atoms with Gasteiger partial charge in [-0.25, -0.2) is 4.68 Å². The van der Waals surface area contributed by atoms with E-state index in [1.807, 2.05) is 71.6 Å². The first-order valence-electron chi connectivity index (χ1n) is 12.1. The predicted molar refractivity (Wildman–Crippen MR) is 139 cm³/mol. The van der Waals surface area contributed by atoms with Crippen molar-refractivity contribution in [3.63, 3.8) is 0 Å². The summed E-state index contributed by atoms with van der Waals surface area (Å²) in [5.74, 6) is -0.216. The summed E-state index contributed by atoms with van der Waals surface area (Å²) in [6.07, 6.45) is 6.41. The molecule has 37 heavy (non-hydrogen) atoms. The highest BCUT2D eigenvalue weighted by Crippen LogP contribution is 2.35. The first kappa shape index (κ1) is 21.3. The van der Waals surface area contributed by atoms with Crippen molar-refractivity contribution in [2.75, 3.05) is 0 Å². The minimum Gasteiger partial charge on any atom is -0.506 e. The molecule has 4 aromatic rings. The van der Waals surface area contributed by atoms with Gasteiger partial charge in [-0.05, 0) is 47.9 Å². The number of hydrogen-bond acceptors (Lipinski definition) is 5. The summed E-state index contributed by atoms with van der Waals surface area (Å²) >= 11 is 0. The fourth-order valence-corrected chi connectivity index (χ4v) is 5.26. The van der Waals surface area contributed by atoms with Crippen LogP contribution in [0, 0.1) is 0 Å². The van der Waals surface area contributed by atoms with Crippen molar-refractivity contribution in [1.82, 2.24) is 24.1 Å². The standard InChI is InChI=1S/C29H21N5O3/c35-24-12-8-19-9-13-25(36)28(26(19)24)34-29(37)22-17-32(23-5-2-1-4-21(23)27(22)31-34)16-18-6-10-20(11-7-18)33-15-3-14-30-33/h1-7,9-11,13-15,17,36H,8,12,16H2. The molecular weight excluding hydrogens is 466 g/mol. The summed E-state index contributed by atoms with van der Waals surface area (Å²) < 4.78 is 5.03. The van der Waals surface area contributed by atoms with Crippen LogP contribution >= 0.6 is 0 Å². The van der Waals surface area contributed by atoms with E-state index in [2.05, 4.69) is 10.2 Å². The summed E-state index contributed by atoms with van der Waals surface area (Å²) in [6.45, 7) is 0.547. The SMILES string of the molecule is O=C1CCc2ccc(O)c(-n3nc4c5ccccc5n(Cc5ccc(-n6cccn6)cc5)cc-4c3=O)c21. The van der Waals surface area contributed by atoms with Gasteiger partial charge in [-0.15, -0.1) is 0 Å². The largest absolute Gasteiger partial charge is 0.506 e. The van der Waals surface area contributed by atoms with Crippen LogP contribution in [0.5, 0.6) is 5.75 Å². The number of aromatic hydroxyl groups is 1. The Morgan fingerprint density at radius 1 is 0.919 bits per heavy atom. The summed E-state index contributed by atoms with van der Waals surface area (Å²) in [4.78, 5) is 26.3. The van der Waals surface area contributed by atoms with Crippen LogP contribution in [0.1, 0.15) is 27.9 Å². The number of carbonyl (C=O) groups excluding carboxylic acids is 1. The molecule has 0 saturated carbocycles. The minimum atomic E-state index is -0.369. The Bertz CT molecular complexity index is 1850. The maximum atomic E-state index is 13.7. The molecule has 0 atom stereocenters. The number of phenolic OH excluding ortho intramolecular Hbond substituents is 1. The van der Waals surface area contributed by atoms with Crippen LogP contribution in [0.3, 0.4) is 0 Å². The van der Waals surface area contributed by atoms with Gasteiger partial charge >= 0.3 is 0 Å². The van der Waals surface area contributed by atoms with Gasteiger partial charge in [-0.1, -0.05) is 36.4 Å². The van der Waals surface area contributed by atoms with Gasteiger partial charge in [-0.2, -0.15) is 14.9 Å². The molecule has 3 heterocycles. The molecule has 8 heteroatoms. The van der Waals surface area contributed by atoms with E-state index in [1.54, 1.807) is 16.9 Å². The highest BCUT2D eigenvalue weighted by molar-refractivity contribution is 6.04. The molecule has 0 bridgehead atoms. The van der Waals surface area contributed by atoms with E-state index in [0.29, 0.717) is 36.2 Å². The molecule has 2 aliphatic heterocycles. The highest BCUT2D eigenvalue weighted by atomic mass is 16.3. The molecule has 1 aliphatic carbocycles. The molecule has 0 amide bonds. The van der Waals surface area contributed by atoms with Crippen molar-refractivity contribution in [2.45, 2.75) is 19.4 Å². The predicted octanol–water partition coefficient (Wildman–Crippen LogP) is 4.36. The van der Waals surface area contributed by atoms with Crippen LogP contribution in [0.25, 0.3) is 33.5 Å². The molecule has 0 radical (unpaired) electrons. The lowest BCUT2D eigenvalue weighted by molar-refractivity contribution is 0.0994. The minimum absolute atomic E-state index is 0.0849. The second-order valence-corrected chi connectivity index (χ2v) is 9.26. The number of phenols is 1. The number of fused-ring (bicyclic) bond motifs is 4. The Hall–Kier alpha value is -4.98. The van der Waals surface area contributed by atoms with Crippen molar-refractivity contribution in [1.29, 1.82) is 0 Å². The second-order valence-electron chi connectivity index (χ2n) is 9.26. The molecule has 0 saturated heterocycles. The van der Waals surface area contributed by atoms with Crippen LogP contribution < -0.4 is 5.56 Å². The smallest absolute Gasteiger partial charge is 0.282 e. The van der Waals surface area contributed by atoms with E-state index in [1.165, 1.54) is 10.7 Å². The normalized spacial score (nSPS) is 13.0. The Kier molecular flexibility index (Phi) is 4.62. The number of aromatic nitrogens is 5. The molecule has 3 aliphatic rings. The maximum absolute atomic E-state index is 13.7. The lowest BCUT2D eigenvalue weighted by Crippen LogP contribution is -2.18. The molecule has 0 spiro atoms. The van der Waals surface area contributed by atoms with Crippen molar-refractivity contribution >= 4 is 16.7 Å². The zero-order valence-electron chi connectivity index (χ0n) is 19.7. The Morgan fingerprint density at radius 2 is 1.76 bits per heavy atom. The first-order chi connectivity index (χ1) is 18.1. The average Bonchev–Trinajstić information content (AvgIpc) is 3.66. The monoisotopic (exact) mass is 487 g/mol. The van der Waals surface area contributed by atoms with Crippen LogP contribution in [0.4, 0.5) is 0 Å². The van der Waals surface area contributed by atoms with E-state index >= 15 is 0 Å². The number of benzene rings is 3. The lowest BCUT2D eigenvalue weighted by atomic mass is 10.1. The van der Waals surface area contributed by atoms with E-state index in [4.69, 9.17) is 0 Å². The van der Waals surface area contributed by atoms with Gasteiger partial charge in [0.05, 0.1) is 22.3 Å². The van der Waals surface area contributed by atoms with Crippen LogP contribution in [0.2, 0.25) is 0 Å². The summed E-state index contributed by atoms with van der Waals surface area (Å²) in [6, 6.07) is 21.1. The van der Waals surface area contributed by atoms with E-state index in [9.17, 15) is 14.7 Å². The molecular formula is C29H21N5O3. The quantitative estimate of drug-likeness (QED) is 0.399. The van der Waals surface area contributed by atoms with Crippen LogP contribution in [-0.2, 0) is 13.0 Å². The van der Waals surface area contributed by atoms with E-state index in [-0.39, 0.29) is 22.8 Å². The summed E-state index contributed by atoms with van der Waals surface area (Å²) in [5, 5.41) is 20.4. The van der Waals surface area contributed by atoms with Gasteiger partial charge in [0.2, 0.25) is 0 Å². The fourth-order valence-electron chi connectivity index (χ4n) is 5.26. The molecule has 7 rings (SSSR count). The number of nitrogens with zero attached hydrogens (tertiary/aromatic N) is 5.